The zero-order valence-corrected chi connectivity index (χ0v) is 17.3. The fraction of sp³-hybridized carbons (Fsp3) is 0.0476. The van der Waals surface area contributed by atoms with Gasteiger partial charge in [0.25, 0.3) is 5.56 Å². The van der Waals surface area contributed by atoms with Crippen LogP contribution in [0.5, 0.6) is 0 Å². The number of aromatic amines is 2. The Kier molecular flexibility index (Phi) is 5.80. The zero-order valence-electron chi connectivity index (χ0n) is 15.8. The number of hydrogen-bond acceptors (Lipinski definition) is 7. The quantitative estimate of drug-likeness (QED) is 0.444. The number of aromatic nitrogens is 5. The van der Waals surface area contributed by atoms with Crippen molar-refractivity contribution >= 4 is 23.4 Å². The molecule has 2 N–H and O–H groups in total. The van der Waals surface area contributed by atoms with Crippen LogP contribution in [0.15, 0.2) is 58.4 Å². The highest BCUT2D eigenvalue weighted by Gasteiger charge is 2.20. The van der Waals surface area contributed by atoms with Crippen molar-refractivity contribution in [3.05, 3.63) is 80.9 Å². The molecule has 0 aliphatic rings. The summed E-state index contributed by atoms with van der Waals surface area (Å²) in [5.74, 6) is 0.711. The van der Waals surface area contributed by atoms with Crippen LogP contribution in [0, 0.1) is 22.7 Å². The minimum atomic E-state index is -0.566. The third-order valence-corrected chi connectivity index (χ3v) is 5.72. The van der Waals surface area contributed by atoms with Gasteiger partial charge in [0.2, 0.25) is 0 Å². The summed E-state index contributed by atoms with van der Waals surface area (Å²) in [6, 6.07) is 18.7. The molecule has 0 spiro atoms. The molecule has 0 saturated heterocycles. The lowest BCUT2D eigenvalue weighted by molar-refractivity contribution is 0.881. The minimum Gasteiger partial charge on any atom is -0.315 e. The monoisotopic (exact) mass is 445 g/mol. The molecule has 0 saturated carbocycles. The van der Waals surface area contributed by atoms with Gasteiger partial charge in [0.05, 0.1) is 16.3 Å². The van der Waals surface area contributed by atoms with Crippen molar-refractivity contribution in [2.45, 2.75) is 10.8 Å². The maximum atomic E-state index is 12.6. The first-order chi connectivity index (χ1) is 15.1. The Balaban J connectivity index is 1.84. The van der Waals surface area contributed by atoms with Crippen molar-refractivity contribution in [1.82, 2.24) is 25.6 Å². The fourth-order valence-corrected chi connectivity index (χ4v) is 4.05. The average Bonchev–Trinajstić information content (AvgIpc) is 3.31. The number of thioether (sulfide) groups is 1. The van der Waals surface area contributed by atoms with E-state index in [-0.39, 0.29) is 16.9 Å². The Morgan fingerprint density at radius 3 is 2.42 bits per heavy atom. The van der Waals surface area contributed by atoms with E-state index in [1.54, 1.807) is 18.2 Å². The van der Waals surface area contributed by atoms with Crippen LogP contribution in [0.3, 0.4) is 0 Å². The molecule has 0 unspecified atom stereocenters. The standard InChI is InChI=1S/C21H12ClN7OS/c22-15-6-4-12(5-7-15)13-2-1-3-14(8-13)19-16(9-23)20(30)25-21(17(19)10-24)31-11-18-26-28-29-27-18/h1-8H,11H2,(H,25,30)(H,26,27,28,29). The third-order valence-electron chi connectivity index (χ3n) is 4.47. The highest BCUT2D eigenvalue weighted by Crippen LogP contribution is 2.34. The van der Waals surface area contributed by atoms with Gasteiger partial charge in [-0.2, -0.15) is 15.7 Å². The number of halogens is 1. The van der Waals surface area contributed by atoms with Crippen LogP contribution in [-0.2, 0) is 5.75 Å². The van der Waals surface area contributed by atoms with Gasteiger partial charge < -0.3 is 4.98 Å². The van der Waals surface area contributed by atoms with Gasteiger partial charge in [-0.15, -0.1) is 10.2 Å². The lowest BCUT2D eigenvalue weighted by atomic mass is 9.94. The van der Waals surface area contributed by atoms with Crippen LogP contribution in [-0.4, -0.2) is 25.6 Å². The second-order valence-corrected chi connectivity index (χ2v) is 7.76. The maximum Gasteiger partial charge on any atom is 0.267 e. The van der Waals surface area contributed by atoms with Gasteiger partial charge in [0.15, 0.2) is 5.82 Å². The van der Waals surface area contributed by atoms with Crippen LogP contribution < -0.4 is 5.56 Å². The first-order valence-corrected chi connectivity index (χ1v) is 10.3. The zero-order chi connectivity index (χ0) is 21.8. The number of benzene rings is 2. The summed E-state index contributed by atoms with van der Waals surface area (Å²) in [5.41, 5.74) is 2.19. The second kappa shape index (κ2) is 8.84. The fourth-order valence-electron chi connectivity index (χ4n) is 3.07. The Labute approximate surface area is 185 Å². The molecule has 8 nitrogen and oxygen atoms in total. The highest BCUT2D eigenvalue weighted by atomic mass is 35.5. The molecule has 4 aromatic rings. The molecule has 0 atom stereocenters. The van der Waals surface area contributed by atoms with E-state index < -0.39 is 5.56 Å². The molecular weight excluding hydrogens is 434 g/mol. The molecule has 10 heteroatoms. The lowest BCUT2D eigenvalue weighted by Crippen LogP contribution is -2.15. The molecule has 2 heterocycles. The number of nitrogens with one attached hydrogen (secondary N) is 2. The summed E-state index contributed by atoms with van der Waals surface area (Å²) >= 11 is 7.17. The summed E-state index contributed by atoms with van der Waals surface area (Å²) in [4.78, 5) is 15.3. The highest BCUT2D eigenvalue weighted by molar-refractivity contribution is 7.98. The Morgan fingerprint density at radius 1 is 1.00 bits per heavy atom. The lowest BCUT2D eigenvalue weighted by Gasteiger charge is -2.12. The molecule has 0 fully saturated rings. The van der Waals surface area contributed by atoms with Crippen molar-refractivity contribution in [1.29, 1.82) is 10.5 Å². The first-order valence-electron chi connectivity index (χ1n) is 8.92. The number of H-pyrrole nitrogens is 2. The summed E-state index contributed by atoms with van der Waals surface area (Å²) in [6.45, 7) is 0. The van der Waals surface area contributed by atoms with Gasteiger partial charge in [-0.05, 0) is 34.9 Å². The molecular formula is C21H12ClN7OS. The van der Waals surface area contributed by atoms with Crippen LogP contribution in [0.4, 0.5) is 0 Å². The molecule has 4 rings (SSSR count). The number of tetrazole rings is 1. The van der Waals surface area contributed by atoms with E-state index in [2.05, 4.69) is 31.7 Å². The molecule has 2 aromatic heterocycles. The number of nitrogens with zero attached hydrogens (tertiary/aromatic N) is 5. The summed E-state index contributed by atoms with van der Waals surface area (Å²) in [5, 5.41) is 34.1. The van der Waals surface area contributed by atoms with Crippen molar-refractivity contribution < 1.29 is 0 Å². The molecule has 0 amide bonds. The second-order valence-electron chi connectivity index (χ2n) is 6.34. The van der Waals surface area contributed by atoms with E-state index in [1.807, 2.05) is 36.4 Å². The van der Waals surface area contributed by atoms with Crippen LogP contribution in [0.25, 0.3) is 22.3 Å². The van der Waals surface area contributed by atoms with E-state index in [1.165, 1.54) is 11.8 Å². The molecule has 31 heavy (non-hydrogen) atoms. The van der Waals surface area contributed by atoms with E-state index in [9.17, 15) is 15.3 Å². The van der Waals surface area contributed by atoms with Gasteiger partial charge in [0, 0.05) is 10.6 Å². The molecule has 0 aliphatic heterocycles. The predicted octanol–water partition coefficient (Wildman–Crippen LogP) is 3.91. The normalized spacial score (nSPS) is 10.4. The molecule has 0 radical (unpaired) electrons. The Bertz CT molecular complexity index is 1380. The maximum absolute atomic E-state index is 12.6. The van der Waals surface area contributed by atoms with E-state index >= 15 is 0 Å². The summed E-state index contributed by atoms with van der Waals surface area (Å²) < 4.78 is 0. The third kappa shape index (κ3) is 4.19. The van der Waals surface area contributed by atoms with E-state index in [4.69, 9.17) is 11.6 Å². The largest absolute Gasteiger partial charge is 0.315 e. The average molecular weight is 446 g/mol. The van der Waals surface area contributed by atoms with E-state index in [0.29, 0.717) is 27.0 Å². The smallest absolute Gasteiger partial charge is 0.267 e. The topological polar surface area (TPSA) is 135 Å². The van der Waals surface area contributed by atoms with Crippen molar-refractivity contribution in [3.8, 4) is 34.4 Å². The van der Waals surface area contributed by atoms with Gasteiger partial charge in [-0.25, -0.2) is 0 Å². The number of pyridine rings is 1. The Morgan fingerprint density at radius 2 is 1.74 bits per heavy atom. The molecule has 0 aliphatic carbocycles. The molecule has 150 valence electrons. The summed E-state index contributed by atoms with van der Waals surface area (Å²) in [7, 11) is 0. The van der Waals surface area contributed by atoms with Gasteiger partial charge in [-0.1, -0.05) is 58.9 Å². The van der Waals surface area contributed by atoms with Crippen molar-refractivity contribution in [2.75, 3.05) is 0 Å². The first kappa shape index (κ1) is 20.4. The van der Waals surface area contributed by atoms with Crippen LogP contribution >= 0.6 is 23.4 Å². The SMILES string of the molecule is N#Cc1c(SCc2nn[nH]n2)[nH]c(=O)c(C#N)c1-c1cccc(-c2ccc(Cl)cc2)c1. The van der Waals surface area contributed by atoms with Crippen molar-refractivity contribution in [2.24, 2.45) is 0 Å². The molecule has 2 aromatic carbocycles. The number of nitriles is 2. The number of rotatable bonds is 5. The minimum absolute atomic E-state index is 0.117. The van der Waals surface area contributed by atoms with Crippen LogP contribution in [0.1, 0.15) is 17.0 Å². The van der Waals surface area contributed by atoms with E-state index in [0.717, 1.165) is 11.1 Å². The van der Waals surface area contributed by atoms with Gasteiger partial charge >= 0.3 is 0 Å². The van der Waals surface area contributed by atoms with Gasteiger partial charge in [-0.3, -0.25) is 4.79 Å². The predicted molar refractivity (Wildman–Crippen MR) is 116 cm³/mol. The number of hydrogen-bond donors (Lipinski definition) is 2. The van der Waals surface area contributed by atoms with Crippen molar-refractivity contribution in [3.63, 3.8) is 0 Å². The van der Waals surface area contributed by atoms with Gasteiger partial charge in [0.1, 0.15) is 17.7 Å². The molecule has 0 bridgehead atoms. The van der Waals surface area contributed by atoms with Crippen LogP contribution in [0.2, 0.25) is 5.02 Å². The Hall–Kier alpha value is -3.92. The summed E-state index contributed by atoms with van der Waals surface area (Å²) in [6.07, 6.45) is 0.